The van der Waals surface area contributed by atoms with Crippen LogP contribution in [0.5, 0.6) is 0 Å². The van der Waals surface area contributed by atoms with Crippen molar-refractivity contribution in [1.29, 1.82) is 0 Å². The third kappa shape index (κ3) is 4.70. The summed E-state index contributed by atoms with van der Waals surface area (Å²) in [5, 5.41) is 0. The molecule has 1 aromatic rings. The van der Waals surface area contributed by atoms with Crippen molar-refractivity contribution in [3.05, 3.63) is 18.7 Å². The van der Waals surface area contributed by atoms with Crippen LogP contribution < -0.4 is 51.4 Å². The van der Waals surface area contributed by atoms with Gasteiger partial charge in [0.05, 0.1) is 19.5 Å². The van der Waals surface area contributed by atoms with E-state index in [0.717, 1.165) is 0 Å². The zero-order chi connectivity index (χ0) is 7.23. The Morgan fingerprint density at radius 1 is 1.64 bits per heavy atom. The molecule has 5 heteroatoms. The van der Waals surface area contributed by atoms with E-state index in [-0.39, 0.29) is 51.4 Å². The zero-order valence-corrected chi connectivity index (χ0v) is 9.48. The molecule has 0 radical (unpaired) electrons. The van der Waals surface area contributed by atoms with E-state index in [1.165, 1.54) is 6.47 Å². The van der Waals surface area contributed by atoms with Gasteiger partial charge < -0.3 is 14.1 Å². The summed E-state index contributed by atoms with van der Waals surface area (Å²) in [5.41, 5.74) is 0. The van der Waals surface area contributed by atoms with Crippen LogP contribution in [0.15, 0.2) is 18.7 Å². The Kier molecular flexibility index (Phi) is 7.19. The number of rotatable bonds is 4. The van der Waals surface area contributed by atoms with E-state index < -0.39 is 0 Å². The van der Waals surface area contributed by atoms with Gasteiger partial charge in [0.15, 0.2) is 0 Å². The summed E-state index contributed by atoms with van der Waals surface area (Å²) >= 11 is 0. The molecule has 0 fully saturated rings. The number of hydrogen-bond acceptors (Lipinski definition) is 3. The first-order valence-electron chi connectivity index (χ1n) is 2.88. The first-order valence-corrected chi connectivity index (χ1v) is 2.88. The Bertz CT molecular complexity index is 188. The number of nitrogens with zero attached hydrogens (tertiary/aromatic N) is 2. The molecule has 54 valence electrons. The van der Waals surface area contributed by atoms with Crippen molar-refractivity contribution < 1.29 is 60.9 Å². The van der Waals surface area contributed by atoms with Crippen molar-refractivity contribution >= 4 is 6.47 Å². The van der Waals surface area contributed by atoms with Crippen molar-refractivity contribution in [3.8, 4) is 0 Å². The van der Waals surface area contributed by atoms with Gasteiger partial charge in [-0.05, 0) is 0 Å². The Morgan fingerprint density at radius 3 is 3.00 bits per heavy atom. The summed E-state index contributed by atoms with van der Waals surface area (Å²) in [7, 11) is 0. The van der Waals surface area contributed by atoms with Crippen molar-refractivity contribution in [1.82, 2.24) is 9.55 Å². The molecule has 0 aliphatic heterocycles. The molecule has 0 bridgehead atoms. The van der Waals surface area contributed by atoms with Crippen molar-refractivity contribution in [2.24, 2.45) is 0 Å². The van der Waals surface area contributed by atoms with E-state index in [1.54, 1.807) is 18.7 Å². The second kappa shape index (κ2) is 6.99. The number of hydrogen-bond donors (Lipinski definition) is 0. The smallest absolute Gasteiger partial charge is 0.651 e. The summed E-state index contributed by atoms with van der Waals surface area (Å²) < 4.78 is 6.17. The second-order valence-electron chi connectivity index (χ2n) is 1.73. The average Bonchev–Trinajstić information content (AvgIpc) is 2.41. The Labute approximate surface area is 107 Å². The van der Waals surface area contributed by atoms with Gasteiger partial charge in [-0.25, -0.2) is 4.98 Å². The van der Waals surface area contributed by atoms with Crippen LogP contribution in [0, 0.1) is 0 Å². The van der Waals surface area contributed by atoms with Crippen LogP contribution in [0.4, 0.5) is 0 Å². The van der Waals surface area contributed by atoms with Crippen LogP contribution in [-0.2, 0) is 16.1 Å². The first kappa shape index (κ1) is 11.3. The molecular weight excluding hydrogens is 171 g/mol. The molecule has 0 aromatic carbocycles. The molecule has 0 unspecified atom stereocenters. The second-order valence-corrected chi connectivity index (χ2v) is 1.73. The fourth-order valence-electron chi connectivity index (χ4n) is 0.612. The predicted octanol–water partition coefficient (Wildman–Crippen LogP) is -3.03. The molecule has 4 nitrogen and oxygen atoms in total. The molecule has 0 N–H and O–H groups in total. The summed E-state index contributed by atoms with van der Waals surface area (Å²) in [6, 6.07) is 0. The fourth-order valence-corrected chi connectivity index (χ4v) is 0.612. The number of imidazole rings is 1. The Morgan fingerprint density at radius 2 is 2.45 bits per heavy atom. The summed E-state index contributed by atoms with van der Waals surface area (Å²) in [6.45, 7) is 2.33. The van der Waals surface area contributed by atoms with E-state index in [9.17, 15) is 4.79 Å². The number of carbonyl (C=O) groups excluding carboxylic acids is 1. The molecule has 0 saturated heterocycles. The van der Waals surface area contributed by atoms with Crippen LogP contribution in [0.1, 0.15) is 0 Å². The monoisotopic (exact) mass is 178 g/mol. The summed E-state index contributed by atoms with van der Waals surface area (Å²) in [4.78, 5) is 13.4. The minimum Gasteiger partial charge on any atom is -0.651 e. The maximum Gasteiger partial charge on any atom is 1.00 e. The molecule has 0 aliphatic rings. The molecule has 0 spiro atoms. The molecule has 1 rings (SSSR count). The van der Waals surface area contributed by atoms with E-state index in [1.807, 2.05) is 4.57 Å². The van der Waals surface area contributed by atoms with Gasteiger partial charge in [0.1, 0.15) is 0 Å². The molecule has 11 heavy (non-hydrogen) atoms. The molecular formula is C6H7KN2O2. The van der Waals surface area contributed by atoms with Crippen LogP contribution in [0.25, 0.3) is 0 Å². The van der Waals surface area contributed by atoms with Crippen molar-refractivity contribution in [3.63, 3.8) is 0 Å². The molecule has 0 amide bonds. The predicted molar refractivity (Wildman–Crippen MR) is 33.9 cm³/mol. The van der Waals surface area contributed by atoms with Crippen molar-refractivity contribution in [2.75, 3.05) is 6.61 Å². The van der Waals surface area contributed by atoms with Gasteiger partial charge >= 0.3 is 51.4 Å². The normalized spacial score (nSPS) is 8.36. The molecule has 0 atom stereocenters. The maximum absolute atomic E-state index is 9.56. The number of aromatic nitrogens is 2. The quantitative estimate of drug-likeness (QED) is 0.280. The van der Waals surface area contributed by atoms with Gasteiger partial charge in [-0.2, -0.15) is 0 Å². The topological polar surface area (TPSA) is 44.1 Å². The largest absolute Gasteiger partial charge is 1.00 e. The zero-order valence-electron chi connectivity index (χ0n) is 6.36. The van der Waals surface area contributed by atoms with Gasteiger partial charge in [-0.1, -0.05) is 6.47 Å². The van der Waals surface area contributed by atoms with Gasteiger partial charge in [0.2, 0.25) is 0 Å². The Balaban J connectivity index is 0.000001000. The third-order valence-electron chi connectivity index (χ3n) is 1.07. The standard InChI is InChI=1S/C6H7N2O2.K/c9-6-10-4-3-8-2-1-7-5-8;/h1-2,5H,3-4H2;/q-1;+1. The van der Waals surface area contributed by atoms with Crippen LogP contribution in [0.3, 0.4) is 0 Å². The minimum absolute atomic E-state index is 0. The minimum atomic E-state index is 0. The van der Waals surface area contributed by atoms with Gasteiger partial charge in [0.25, 0.3) is 0 Å². The fraction of sp³-hybridized carbons (Fsp3) is 0.333. The first-order chi connectivity index (χ1) is 4.93. The van der Waals surface area contributed by atoms with Crippen LogP contribution >= 0.6 is 0 Å². The average molecular weight is 178 g/mol. The summed E-state index contributed by atoms with van der Waals surface area (Å²) in [6.07, 6.45) is 5.13. The molecule has 1 aromatic heterocycles. The van der Waals surface area contributed by atoms with Crippen molar-refractivity contribution in [2.45, 2.75) is 6.54 Å². The van der Waals surface area contributed by atoms with E-state index in [2.05, 4.69) is 9.72 Å². The SMILES string of the molecule is O=[C-]OCCn1ccnc1.[K+]. The van der Waals surface area contributed by atoms with E-state index >= 15 is 0 Å². The van der Waals surface area contributed by atoms with Gasteiger partial charge in [-0.3, -0.25) is 0 Å². The van der Waals surface area contributed by atoms with Crippen LogP contribution in [0.2, 0.25) is 0 Å². The van der Waals surface area contributed by atoms with E-state index in [4.69, 9.17) is 0 Å². The molecule has 0 saturated carbocycles. The molecule has 1 heterocycles. The van der Waals surface area contributed by atoms with Gasteiger partial charge in [0, 0.05) is 12.4 Å². The Hall–Kier alpha value is 0.316. The van der Waals surface area contributed by atoms with Gasteiger partial charge in [-0.15, -0.1) is 0 Å². The number of ether oxygens (including phenoxy) is 1. The third-order valence-corrected chi connectivity index (χ3v) is 1.07. The van der Waals surface area contributed by atoms with Crippen LogP contribution in [-0.4, -0.2) is 22.6 Å². The van der Waals surface area contributed by atoms with E-state index in [0.29, 0.717) is 13.2 Å². The summed E-state index contributed by atoms with van der Waals surface area (Å²) in [5.74, 6) is 0. The maximum atomic E-state index is 9.56. The molecule has 0 aliphatic carbocycles.